The molecule has 1 heterocycles. The van der Waals surface area contributed by atoms with Crippen molar-refractivity contribution < 1.29 is 19.0 Å². The van der Waals surface area contributed by atoms with Crippen LogP contribution >= 0.6 is 0 Å². The van der Waals surface area contributed by atoms with E-state index in [0.29, 0.717) is 13.0 Å². The van der Waals surface area contributed by atoms with Crippen LogP contribution in [0.25, 0.3) is 11.1 Å². The van der Waals surface area contributed by atoms with E-state index in [1.807, 2.05) is 31.2 Å². The fourth-order valence-electron chi connectivity index (χ4n) is 4.54. The van der Waals surface area contributed by atoms with Gasteiger partial charge in [0.2, 0.25) is 5.91 Å². The van der Waals surface area contributed by atoms with Gasteiger partial charge in [-0.3, -0.25) is 4.79 Å². The van der Waals surface area contributed by atoms with E-state index in [2.05, 4.69) is 5.32 Å². The Morgan fingerprint density at radius 3 is 2.24 bits per heavy atom. The van der Waals surface area contributed by atoms with Crippen molar-refractivity contribution in [2.45, 2.75) is 69.6 Å². The number of hydrogen-bond donors (Lipinski definition) is 1. The van der Waals surface area contributed by atoms with Gasteiger partial charge in [-0.25, -0.2) is 14.2 Å². The molecule has 2 aromatic rings. The molecular formula is C24H28FNO3. The third-order valence-electron chi connectivity index (χ3n) is 6.04. The third kappa shape index (κ3) is 4.85. The van der Waals surface area contributed by atoms with Crippen LogP contribution in [0, 0.1) is 5.82 Å². The summed E-state index contributed by atoms with van der Waals surface area (Å²) in [5.74, 6) is -0.278. The largest absolute Gasteiger partial charge is 0.352 e. The number of amides is 1. The lowest BCUT2D eigenvalue weighted by molar-refractivity contribution is -0.351. The molecule has 2 aromatic carbocycles. The Hall–Kier alpha value is -2.24. The number of hydrogen-bond acceptors (Lipinski definition) is 3. The van der Waals surface area contributed by atoms with Gasteiger partial charge in [-0.2, -0.15) is 0 Å². The molecule has 0 bridgehead atoms. The van der Waals surface area contributed by atoms with Crippen molar-refractivity contribution in [2.75, 3.05) is 0 Å². The fourth-order valence-corrected chi connectivity index (χ4v) is 4.54. The third-order valence-corrected chi connectivity index (χ3v) is 6.04. The second-order valence-electron chi connectivity index (χ2n) is 8.69. The number of carbonyl (C=O) groups is 1. The molecule has 0 radical (unpaired) electrons. The number of nitrogens with one attached hydrogen (secondary N) is 1. The molecule has 2 aliphatic rings. The average Bonchev–Trinajstić information content (AvgIpc) is 3.03. The molecular weight excluding hydrogens is 369 g/mol. The molecule has 4 rings (SSSR count). The molecule has 2 fully saturated rings. The predicted molar refractivity (Wildman–Crippen MR) is 109 cm³/mol. The highest BCUT2D eigenvalue weighted by atomic mass is 19.1. The normalized spacial score (nSPS) is 23.2. The quantitative estimate of drug-likeness (QED) is 0.696. The van der Waals surface area contributed by atoms with E-state index < -0.39 is 5.60 Å². The first kappa shape index (κ1) is 20.0. The summed E-state index contributed by atoms with van der Waals surface area (Å²) in [6.45, 7) is 2.43. The highest BCUT2D eigenvalue weighted by Gasteiger charge is 2.50. The lowest BCUT2D eigenvalue weighted by Gasteiger charge is -2.30. The summed E-state index contributed by atoms with van der Waals surface area (Å²) in [6.07, 6.45) is 6.69. The molecule has 1 saturated heterocycles. The van der Waals surface area contributed by atoms with Crippen molar-refractivity contribution in [1.82, 2.24) is 5.32 Å². The first-order valence-corrected chi connectivity index (χ1v) is 10.4. The van der Waals surface area contributed by atoms with Gasteiger partial charge in [-0.1, -0.05) is 55.7 Å². The second kappa shape index (κ2) is 8.25. The Bertz CT molecular complexity index is 843. The molecule has 4 nitrogen and oxygen atoms in total. The maximum Gasteiger partial charge on any atom is 0.223 e. The Morgan fingerprint density at radius 1 is 0.966 bits per heavy atom. The van der Waals surface area contributed by atoms with Crippen molar-refractivity contribution in [1.29, 1.82) is 0 Å². The molecule has 1 aliphatic carbocycles. The van der Waals surface area contributed by atoms with Crippen LogP contribution in [-0.4, -0.2) is 17.1 Å². The van der Waals surface area contributed by atoms with Crippen molar-refractivity contribution >= 4 is 5.91 Å². The van der Waals surface area contributed by atoms with Gasteiger partial charge in [0.15, 0.2) is 0 Å². The minimum Gasteiger partial charge on any atom is -0.352 e. The van der Waals surface area contributed by atoms with Crippen LogP contribution in [-0.2, 0) is 21.1 Å². The van der Waals surface area contributed by atoms with Gasteiger partial charge in [0, 0.05) is 13.0 Å². The molecule has 1 unspecified atom stereocenters. The predicted octanol–water partition coefficient (Wildman–Crippen LogP) is 5.31. The summed E-state index contributed by atoms with van der Waals surface area (Å²) in [4.78, 5) is 23.8. The lowest BCUT2D eigenvalue weighted by atomic mass is 9.77. The molecule has 0 aromatic heterocycles. The summed E-state index contributed by atoms with van der Waals surface area (Å²) in [6, 6.07) is 14.4. The minimum absolute atomic E-state index is 0.0356. The summed E-state index contributed by atoms with van der Waals surface area (Å²) in [7, 11) is 0. The Morgan fingerprint density at radius 2 is 1.59 bits per heavy atom. The van der Waals surface area contributed by atoms with Crippen LogP contribution in [0.15, 0.2) is 48.5 Å². The van der Waals surface area contributed by atoms with E-state index in [4.69, 9.17) is 9.78 Å². The number of rotatable bonds is 5. The molecule has 29 heavy (non-hydrogen) atoms. The molecule has 1 aliphatic heterocycles. The van der Waals surface area contributed by atoms with Crippen molar-refractivity contribution in [3.63, 3.8) is 0 Å². The van der Waals surface area contributed by atoms with Crippen LogP contribution in [0.1, 0.15) is 57.4 Å². The smallest absolute Gasteiger partial charge is 0.223 e. The molecule has 1 amide bonds. The SMILES string of the molecule is CC1(CC(=O)NCc2ccc(-c3ccc(F)cc3)cc2)CC2(CCCCC2)OO1. The van der Waals surface area contributed by atoms with E-state index in [1.165, 1.54) is 31.4 Å². The van der Waals surface area contributed by atoms with E-state index in [1.54, 1.807) is 12.1 Å². The maximum absolute atomic E-state index is 13.1. The van der Waals surface area contributed by atoms with Gasteiger partial charge in [0.05, 0.1) is 6.42 Å². The number of halogens is 1. The van der Waals surface area contributed by atoms with Gasteiger partial charge in [-0.05, 0) is 48.6 Å². The molecule has 1 atom stereocenters. The van der Waals surface area contributed by atoms with Crippen LogP contribution in [0.3, 0.4) is 0 Å². The van der Waals surface area contributed by atoms with Crippen molar-refractivity contribution in [3.05, 3.63) is 59.9 Å². The highest BCUT2D eigenvalue weighted by Crippen LogP contribution is 2.46. The number of carbonyl (C=O) groups excluding carboxylic acids is 1. The van der Waals surface area contributed by atoms with Crippen LogP contribution in [0.4, 0.5) is 4.39 Å². The second-order valence-corrected chi connectivity index (χ2v) is 8.69. The van der Waals surface area contributed by atoms with E-state index in [-0.39, 0.29) is 17.3 Å². The van der Waals surface area contributed by atoms with E-state index >= 15 is 0 Å². The maximum atomic E-state index is 13.1. The number of benzene rings is 2. The molecule has 154 valence electrons. The Kier molecular flexibility index (Phi) is 5.70. The Labute approximate surface area is 171 Å². The topological polar surface area (TPSA) is 47.6 Å². The van der Waals surface area contributed by atoms with Gasteiger partial charge < -0.3 is 5.32 Å². The van der Waals surface area contributed by atoms with Gasteiger partial charge in [0.25, 0.3) is 0 Å². The summed E-state index contributed by atoms with van der Waals surface area (Å²) in [5, 5.41) is 2.99. The zero-order chi connectivity index (χ0) is 20.3. The minimum atomic E-state index is -0.562. The first-order chi connectivity index (χ1) is 14.0. The molecule has 5 heteroatoms. The fraction of sp³-hybridized carbons (Fsp3) is 0.458. The van der Waals surface area contributed by atoms with Crippen LogP contribution < -0.4 is 5.32 Å². The summed E-state index contributed by atoms with van der Waals surface area (Å²) < 4.78 is 13.1. The lowest BCUT2D eigenvalue weighted by Crippen LogP contribution is -2.37. The van der Waals surface area contributed by atoms with Gasteiger partial charge in [0.1, 0.15) is 17.0 Å². The van der Waals surface area contributed by atoms with Crippen molar-refractivity contribution in [2.24, 2.45) is 0 Å². The first-order valence-electron chi connectivity index (χ1n) is 10.4. The van der Waals surface area contributed by atoms with Gasteiger partial charge in [-0.15, -0.1) is 0 Å². The highest BCUT2D eigenvalue weighted by molar-refractivity contribution is 5.77. The van der Waals surface area contributed by atoms with Gasteiger partial charge >= 0.3 is 0 Å². The van der Waals surface area contributed by atoms with Crippen LogP contribution in [0.2, 0.25) is 0 Å². The standard InChI is InChI=1S/C24H28FNO3/c1-23(17-24(29-28-23)13-3-2-4-14-24)15-22(27)26-16-18-5-7-19(8-6-18)20-9-11-21(25)12-10-20/h5-12H,2-4,13-17H2,1H3,(H,26,27). The zero-order valence-electron chi connectivity index (χ0n) is 16.9. The molecule has 1 saturated carbocycles. The summed E-state index contributed by atoms with van der Waals surface area (Å²) in [5.41, 5.74) is 2.24. The molecule has 1 spiro atoms. The van der Waals surface area contributed by atoms with E-state index in [0.717, 1.165) is 36.0 Å². The monoisotopic (exact) mass is 397 g/mol. The molecule has 1 N–H and O–H groups in total. The summed E-state index contributed by atoms with van der Waals surface area (Å²) >= 11 is 0. The van der Waals surface area contributed by atoms with Crippen molar-refractivity contribution in [3.8, 4) is 11.1 Å². The Balaban J connectivity index is 1.29. The van der Waals surface area contributed by atoms with E-state index in [9.17, 15) is 9.18 Å². The van der Waals surface area contributed by atoms with Crippen LogP contribution in [0.5, 0.6) is 0 Å². The zero-order valence-corrected chi connectivity index (χ0v) is 16.9. The average molecular weight is 397 g/mol.